The SMILES string of the molecule is CC(NC(=O)CC(N)c1ccccc1)c1ccc(C(F)(F)F)cc1. The first-order valence-corrected chi connectivity index (χ1v) is 7.54. The summed E-state index contributed by atoms with van der Waals surface area (Å²) in [7, 11) is 0. The largest absolute Gasteiger partial charge is 0.416 e. The molecule has 2 rings (SSSR count). The number of hydrogen-bond donors (Lipinski definition) is 2. The lowest BCUT2D eigenvalue weighted by molar-refractivity contribution is -0.137. The van der Waals surface area contributed by atoms with Gasteiger partial charge in [0.1, 0.15) is 0 Å². The van der Waals surface area contributed by atoms with Gasteiger partial charge in [0.15, 0.2) is 0 Å². The van der Waals surface area contributed by atoms with E-state index in [0.29, 0.717) is 5.56 Å². The number of carbonyl (C=O) groups is 1. The number of rotatable bonds is 5. The molecule has 0 aliphatic rings. The van der Waals surface area contributed by atoms with E-state index in [-0.39, 0.29) is 12.3 Å². The Kier molecular flexibility index (Phi) is 5.62. The minimum atomic E-state index is -4.37. The van der Waals surface area contributed by atoms with Crippen LogP contribution in [0.4, 0.5) is 13.2 Å². The van der Waals surface area contributed by atoms with Crippen LogP contribution >= 0.6 is 0 Å². The average Bonchev–Trinajstić information content (AvgIpc) is 2.54. The van der Waals surface area contributed by atoms with E-state index in [1.165, 1.54) is 12.1 Å². The summed E-state index contributed by atoms with van der Waals surface area (Å²) in [4.78, 5) is 12.1. The second-order valence-electron chi connectivity index (χ2n) is 5.63. The van der Waals surface area contributed by atoms with Gasteiger partial charge in [-0.1, -0.05) is 42.5 Å². The first-order valence-electron chi connectivity index (χ1n) is 7.54. The summed E-state index contributed by atoms with van der Waals surface area (Å²) in [6.07, 6.45) is -4.26. The molecule has 1 amide bonds. The summed E-state index contributed by atoms with van der Waals surface area (Å²) in [6, 6.07) is 13.2. The number of benzene rings is 2. The number of carbonyl (C=O) groups excluding carboxylic acids is 1. The molecule has 0 heterocycles. The Labute approximate surface area is 138 Å². The molecule has 0 bridgehead atoms. The first-order chi connectivity index (χ1) is 11.3. The Bertz CT molecular complexity index is 669. The number of nitrogens with two attached hydrogens (primary N) is 1. The molecule has 6 heteroatoms. The van der Waals surface area contributed by atoms with Gasteiger partial charge < -0.3 is 11.1 Å². The monoisotopic (exact) mass is 336 g/mol. The Morgan fingerprint density at radius 3 is 2.17 bits per heavy atom. The van der Waals surface area contributed by atoms with E-state index in [1.54, 1.807) is 6.92 Å². The minimum absolute atomic E-state index is 0.106. The van der Waals surface area contributed by atoms with Gasteiger partial charge in [0.25, 0.3) is 0 Å². The summed E-state index contributed by atoms with van der Waals surface area (Å²) in [6.45, 7) is 1.72. The second-order valence-corrected chi connectivity index (χ2v) is 5.63. The lowest BCUT2D eigenvalue weighted by atomic mass is 10.0. The smallest absolute Gasteiger partial charge is 0.350 e. The van der Waals surface area contributed by atoms with Crippen LogP contribution in [0.2, 0.25) is 0 Å². The molecule has 0 saturated heterocycles. The zero-order valence-electron chi connectivity index (χ0n) is 13.2. The topological polar surface area (TPSA) is 55.1 Å². The van der Waals surface area contributed by atoms with Crippen LogP contribution in [0.3, 0.4) is 0 Å². The highest BCUT2D eigenvalue weighted by molar-refractivity contribution is 5.77. The second kappa shape index (κ2) is 7.49. The summed E-state index contributed by atoms with van der Waals surface area (Å²) in [5.74, 6) is -0.251. The van der Waals surface area contributed by atoms with Gasteiger partial charge in [-0.2, -0.15) is 13.2 Å². The van der Waals surface area contributed by atoms with Gasteiger partial charge >= 0.3 is 6.18 Å². The van der Waals surface area contributed by atoms with Crippen molar-refractivity contribution in [1.82, 2.24) is 5.32 Å². The van der Waals surface area contributed by atoms with Crippen molar-refractivity contribution in [3.63, 3.8) is 0 Å². The molecule has 3 N–H and O–H groups in total. The highest BCUT2D eigenvalue weighted by Crippen LogP contribution is 2.29. The fourth-order valence-electron chi connectivity index (χ4n) is 2.36. The van der Waals surface area contributed by atoms with Crippen LogP contribution in [-0.4, -0.2) is 5.91 Å². The van der Waals surface area contributed by atoms with E-state index < -0.39 is 23.8 Å². The van der Waals surface area contributed by atoms with Crippen LogP contribution < -0.4 is 11.1 Å². The third-order valence-electron chi connectivity index (χ3n) is 3.75. The third-order valence-corrected chi connectivity index (χ3v) is 3.75. The van der Waals surface area contributed by atoms with Gasteiger partial charge in [0, 0.05) is 12.5 Å². The summed E-state index contributed by atoms with van der Waals surface area (Å²) in [5.41, 5.74) is 6.74. The van der Waals surface area contributed by atoms with Crippen LogP contribution in [-0.2, 0) is 11.0 Å². The van der Waals surface area contributed by atoms with Crippen LogP contribution in [0, 0.1) is 0 Å². The fourth-order valence-corrected chi connectivity index (χ4v) is 2.36. The van der Waals surface area contributed by atoms with Crippen molar-refractivity contribution in [2.45, 2.75) is 31.6 Å². The van der Waals surface area contributed by atoms with E-state index in [0.717, 1.165) is 17.7 Å². The molecule has 0 radical (unpaired) electrons. The van der Waals surface area contributed by atoms with Gasteiger partial charge in [-0.05, 0) is 30.2 Å². The molecule has 24 heavy (non-hydrogen) atoms. The van der Waals surface area contributed by atoms with Crippen molar-refractivity contribution < 1.29 is 18.0 Å². The van der Waals surface area contributed by atoms with Crippen molar-refractivity contribution in [2.24, 2.45) is 5.73 Å². The number of alkyl halides is 3. The van der Waals surface area contributed by atoms with Crippen molar-refractivity contribution in [2.75, 3.05) is 0 Å². The number of nitrogens with one attached hydrogen (secondary N) is 1. The van der Waals surface area contributed by atoms with Crippen molar-refractivity contribution in [3.8, 4) is 0 Å². The summed E-state index contributed by atoms with van der Waals surface area (Å²) < 4.78 is 37.7. The minimum Gasteiger partial charge on any atom is -0.350 e. The van der Waals surface area contributed by atoms with Crippen LogP contribution in [0.1, 0.15) is 42.1 Å². The maximum absolute atomic E-state index is 12.6. The van der Waals surface area contributed by atoms with Gasteiger partial charge in [0.2, 0.25) is 5.91 Å². The van der Waals surface area contributed by atoms with Gasteiger partial charge in [-0.3, -0.25) is 4.79 Å². The molecule has 0 fully saturated rings. The molecule has 0 aromatic heterocycles. The average molecular weight is 336 g/mol. The Hall–Kier alpha value is -2.34. The molecule has 2 aromatic carbocycles. The highest BCUT2D eigenvalue weighted by atomic mass is 19.4. The molecule has 0 spiro atoms. The molecule has 128 valence electrons. The van der Waals surface area contributed by atoms with Crippen molar-refractivity contribution in [1.29, 1.82) is 0 Å². The van der Waals surface area contributed by atoms with E-state index in [2.05, 4.69) is 5.32 Å². The molecule has 2 unspecified atom stereocenters. The lowest BCUT2D eigenvalue weighted by Gasteiger charge is -2.17. The Morgan fingerprint density at radius 2 is 1.62 bits per heavy atom. The normalized spacial score (nSPS) is 14.0. The highest BCUT2D eigenvalue weighted by Gasteiger charge is 2.30. The summed E-state index contributed by atoms with van der Waals surface area (Å²) in [5, 5.41) is 2.75. The predicted octanol–water partition coefficient (Wildman–Crippen LogP) is 3.97. The molecule has 2 aromatic rings. The number of amides is 1. The molecule has 0 aliphatic heterocycles. The third kappa shape index (κ3) is 4.83. The zero-order valence-corrected chi connectivity index (χ0v) is 13.2. The van der Waals surface area contributed by atoms with Crippen LogP contribution in [0.15, 0.2) is 54.6 Å². The van der Waals surface area contributed by atoms with Gasteiger partial charge in [0.05, 0.1) is 11.6 Å². The maximum atomic E-state index is 12.6. The first kappa shape index (κ1) is 18.0. The Balaban J connectivity index is 1.94. The molecule has 0 aliphatic carbocycles. The molecule has 3 nitrogen and oxygen atoms in total. The summed E-state index contributed by atoms with van der Waals surface area (Å²) >= 11 is 0. The fraction of sp³-hybridized carbons (Fsp3) is 0.278. The van der Waals surface area contributed by atoms with E-state index in [1.807, 2.05) is 30.3 Å². The van der Waals surface area contributed by atoms with Crippen molar-refractivity contribution >= 4 is 5.91 Å². The Morgan fingerprint density at radius 1 is 1.04 bits per heavy atom. The standard InChI is InChI=1S/C18H19F3N2O/c1-12(13-7-9-15(10-8-13)18(19,20)21)23-17(24)11-16(22)14-5-3-2-4-6-14/h2-10,12,16H,11,22H2,1H3,(H,23,24). The van der Waals surface area contributed by atoms with E-state index in [9.17, 15) is 18.0 Å². The molecule has 0 saturated carbocycles. The van der Waals surface area contributed by atoms with Crippen LogP contribution in [0.25, 0.3) is 0 Å². The maximum Gasteiger partial charge on any atom is 0.416 e. The predicted molar refractivity (Wildman–Crippen MR) is 86.0 cm³/mol. The lowest BCUT2D eigenvalue weighted by Crippen LogP contribution is -2.29. The van der Waals surface area contributed by atoms with E-state index >= 15 is 0 Å². The van der Waals surface area contributed by atoms with Crippen LogP contribution in [0.5, 0.6) is 0 Å². The van der Waals surface area contributed by atoms with Gasteiger partial charge in [-0.25, -0.2) is 0 Å². The van der Waals surface area contributed by atoms with Crippen molar-refractivity contribution in [3.05, 3.63) is 71.3 Å². The number of halogens is 3. The van der Waals surface area contributed by atoms with E-state index in [4.69, 9.17) is 5.73 Å². The molecular weight excluding hydrogens is 317 g/mol. The molecule has 2 atom stereocenters. The quantitative estimate of drug-likeness (QED) is 0.868. The number of hydrogen-bond acceptors (Lipinski definition) is 2. The zero-order chi connectivity index (χ0) is 17.7. The molecular formula is C18H19F3N2O. The van der Waals surface area contributed by atoms with Gasteiger partial charge in [-0.15, -0.1) is 0 Å².